The summed E-state index contributed by atoms with van der Waals surface area (Å²) in [5, 5.41) is 7.44. The highest BCUT2D eigenvalue weighted by Gasteiger charge is 2.28. The molecule has 172 valence electrons. The quantitative estimate of drug-likeness (QED) is 0.264. The summed E-state index contributed by atoms with van der Waals surface area (Å²) >= 11 is 0. The van der Waals surface area contributed by atoms with Crippen molar-refractivity contribution in [1.82, 2.24) is 24.9 Å². The minimum Gasteiger partial charge on any atom is -0.356 e. The van der Waals surface area contributed by atoms with Crippen molar-refractivity contribution in [3.05, 3.63) is 47.8 Å². The van der Waals surface area contributed by atoms with Crippen LogP contribution in [0, 0.1) is 0 Å². The van der Waals surface area contributed by atoms with Crippen LogP contribution in [0.15, 0.2) is 41.7 Å². The average molecular weight is 551 g/mol. The average Bonchev–Trinajstić information content (AvgIpc) is 3.40. The molecular formula is C22H30IN7O2. The van der Waals surface area contributed by atoms with Crippen molar-refractivity contribution in [1.29, 1.82) is 0 Å². The van der Waals surface area contributed by atoms with Crippen LogP contribution < -0.4 is 10.2 Å². The number of carbonyl (C=O) groups excluding carboxylic acids is 2. The van der Waals surface area contributed by atoms with E-state index >= 15 is 0 Å². The highest BCUT2D eigenvalue weighted by atomic mass is 127. The molecule has 1 saturated heterocycles. The van der Waals surface area contributed by atoms with Crippen molar-refractivity contribution >= 4 is 47.4 Å². The normalized spacial score (nSPS) is 16.1. The van der Waals surface area contributed by atoms with Gasteiger partial charge in [0.15, 0.2) is 5.96 Å². The third-order valence-electron chi connectivity index (χ3n) is 5.78. The molecule has 2 amide bonds. The van der Waals surface area contributed by atoms with Gasteiger partial charge in [0.05, 0.1) is 11.9 Å². The Labute approximate surface area is 205 Å². The van der Waals surface area contributed by atoms with Crippen LogP contribution in [0.2, 0.25) is 0 Å². The minimum absolute atomic E-state index is 0. The Bertz CT molecular complexity index is 965. The fourth-order valence-corrected chi connectivity index (χ4v) is 4.11. The topological polar surface area (TPSA) is 86.1 Å². The first kappa shape index (κ1) is 24.0. The van der Waals surface area contributed by atoms with Gasteiger partial charge in [0.25, 0.3) is 0 Å². The Morgan fingerprint density at radius 2 is 1.84 bits per heavy atom. The molecule has 32 heavy (non-hydrogen) atoms. The monoisotopic (exact) mass is 551 g/mol. The number of aliphatic imine (C=N–C) groups is 1. The van der Waals surface area contributed by atoms with Gasteiger partial charge in [0, 0.05) is 59.4 Å². The minimum atomic E-state index is 0. The van der Waals surface area contributed by atoms with Crippen molar-refractivity contribution in [2.45, 2.75) is 25.9 Å². The van der Waals surface area contributed by atoms with E-state index in [1.807, 2.05) is 35.2 Å². The summed E-state index contributed by atoms with van der Waals surface area (Å²) in [6, 6.07) is 8.21. The van der Waals surface area contributed by atoms with Gasteiger partial charge in [-0.2, -0.15) is 5.10 Å². The van der Waals surface area contributed by atoms with E-state index in [9.17, 15) is 9.59 Å². The summed E-state index contributed by atoms with van der Waals surface area (Å²) in [4.78, 5) is 35.1. The number of halogens is 1. The summed E-state index contributed by atoms with van der Waals surface area (Å²) in [5.41, 5.74) is 3.30. The first-order valence-electron chi connectivity index (χ1n) is 10.6. The fourth-order valence-electron chi connectivity index (χ4n) is 4.11. The summed E-state index contributed by atoms with van der Waals surface area (Å²) in [6.07, 6.45) is 4.76. The number of aryl methyl sites for hydroxylation is 1. The van der Waals surface area contributed by atoms with Gasteiger partial charge in [0.2, 0.25) is 11.8 Å². The van der Waals surface area contributed by atoms with Crippen molar-refractivity contribution in [2.75, 3.05) is 38.1 Å². The number of nitrogens with zero attached hydrogens (tertiary/aromatic N) is 6. The summed E-state index contributed by atoms with van der Waals surface area (Å²) in [7, 11) is 3.55. The molecule has 0 bridgehead atoms. The molecule has 1 aromatic heterocycles. The van der Waals surface area contributed by atoms with Gasteiger partial charge in [-0.05, 0) is 17.5 Å². The Kier molecular flexibility index (Phi) is 8.10. The zero-order chi connectivity index (χ0) is 21.8. The highest BCUT2D eigenvalue weighted by Crippen LogP contribution is 2.23. The molecular weight excluding hydrogens is 521 g/mol. The number of guanidine groups is 1. The molecule has 0 unspecified atom stereocenters. The van der Waals surface area contributed by atoms with E-state index in [-0.39, 0.29) is 42.3 Å². The number of aromatic nitrogens is 2. The van der Waals surface area contributed by atoms with Crippen LogP contribution in [-0.2, 0) is 29.7 Å². The Morgan fingerprint density at radius 3 is 2.44 bits per heavy atom. The maximum Gasteiger partial charge on any atom is 0.246 e. The summed E-state index contributed by atoms with van der Waals surface area (Å²) < 4.78 is 1.69. The second-order valence-corrected chi connectivity index (χ2v) is 7.94. The van der Waals surface area contributed by atoms with Gasteiger partial charge in [0.1, 0.15) is 6.54 Å². The number of piperazine rings is 1. The molecule has 1 N–H and O–H groups in total. The van der Waals surface area contributed by atoms with Crippen LogP contribution in [0.5, 0.6) is 0 Å². The second kappa shape index (κ2) is 10.8. The van der Waals surface area contributed by atoms with Gasteiger partial charge >= 0.3 is 0 Å². The Hall–Kier alpha value is -2.63. The van der Waals surface area contributed by atoms with Crippen LogP contribution in [0.1, 0.15) is 24.0 Å². The molecule has 10 heteroatoms. The zero-order valence-electron chi connectivity index (χ0n) is 18.5. The van der Waals surface area contributed by atoms with Gasteiger partial charge < -0.3 is 20.0 Å². The number of carbonyl (C=O) groups is 2. The fraction of sp³-hybridized carbons (Fsp3) is 0.455. The third kappa shape index (κ3) is 5.40. The van der Waals surface area contributed by atoms with E-state index < -0.39 is 0 Å². The van der Waals surface area contributed by atoms with E-state index in [1.165, 1.54) is 11.1 Å². The number of hydrogen-bond acceptors (Lipinski definition) is 4. The number of fused-ring (bicyclic) bond motifs is 1. The zero-order valence-corrected chi connectivity index (χ0v) is 20.9. The van der Waals surface area contributed by atoms with E-state index in [0.717, 1.165) is 5.69 Å². The standard InChI is InChI=1S/C22H29N7O2.HI/c1-23-22(27-10-11-29(21(31)16-27)19-12-25-26(2)15-19)24-9-5-8-20(30)28-13-17-6-3-4-7-18(17)14-28;/h3-4,6-7,12,15H,5,8-11,13-14,16H2,1-2H3,(H,23,24);1H. The van der Waals surface area contributed by atoms with Crippen molar-refractivity contribution in [3.8, 4) is 0 Å². The lowest BCUT2D eigenvalue weighted by atomic mass is 10.1. The largest absolute Gasteiger partial charge is 0.356 e. The number of hydrogen-bond donors (Lipinski definition) is 1. The van der Waals surface area contributed by atoms with E-state index in [2.05, 4.69) is 27.5 Å². The molecule has 1 fully saturated rings. The predicted molar refractivity (Wildman–Crippen MR) is 134 cm³/mol. The lowest BCUT2D eigenvalue weighted by Crippen LogP contribution is -2.55. The van der Waals surface area contributed by atoms with Gasteiger partial charge in [-0.3, -0.25) is 19.3 Å². The Morgan fingerprint density at radius 1 is 1.12 bits per heavy atom. The van der Waals surface area contributed by atoms with Crippen LogP contribution in [0.25, 0.3) is 0 Å². The number of anilines is 1. The molecule has 2 aliphatic heterocycles. The molecule has 9 nitrogen and oxygen atoms in total. The SMILES string of the molecule is CN=C(NCCCC(=O)N1Cc2ccccc2C1)N1CCN(c2cnn(C)c2)C(=O)C1.I. The molecule has 2 aliphatic rings. The summed E-state index contributed by atoms with van der Waals surface area (Å²) in [5.74, 6) is 0.888. The smallest absolute Gasteiger partial charge is 0.246 e. The third-order valence-corrected chi connectivity index (χ3v) is 5.78. The first-order chi connectivity index (χ1) is 15.0. The molecule has 2 aromatic rings. The lowest BCUT2D eigenvalue weighted by molar-refractivity contribution is -0.131. The van der Waals surface area contributed by atoms with Gasteiger partial charge in [-0.1, -0.05) is 24.3 Å². The number of rotatable bonds is 5. The molecule has 0 atom stereocenters. The molecule has 0 aliphatic carbocycles. The molecule has 4 rings (SSSR count). The molecule has 0 spiro atoms. The molecule has 0 radical (unpaired) electrons. The van der Waals surface area contributed by atoms with Crippen LogP contribution in [-0.4, -0.2) is 70.6 Å². The van der Waals surface area contributed by atoms with Crippen molar-refractivity contribution in [3.63, 3.8) is 0 Å². The first-order valence-corrected chi connectivity index (χ1v) is 10.6. The van der Waals surface area contributed by atoms with E-state index in [0.29, 0.717) is 51.5 Å². The second-order valence-electron chi connectivity index (χ2n) is 7.94. The lowest BCUT2D eigenvalue weighted by Gasteiger charge is -2.35. The van der Waals surface area contributed by atoms with E-state index in [1.54, 1.807) is 22.8 Å². The summed E-state index contributed by atoms with van der Waals surface area (Å²) in [6.45, 7) is 3.57. The number of nitrogens with one attached hydrogen (secondary N) is 1. The van der Waals surface area contributed by atoms with Crippen LogP contribution in [0.4, 0.5) is 5.69 Å². The van der Waals surface area contributed by atoms with E-state index in [4.69, 9.17) is 0 Å². The van der Waals surface area contributed by atoms with Crippen LogP contribution in [0.3, 0.4) is 0 Å². The predicted octanol–water partition coefficient (Wildman–Crippen LogP) is 1.58. The molecule has 3 heterocycles. The molecule has 1 aromatic carbocycles. The van der Waals surface area contributed by atoms with Crippen molar-refractivity contribution < 1.29 is 9.59 Å². The Balaban J connectivity index is 0.00000289. The number of benzene rings is 1. The van der Waals surface area contributed by atoms with Gasteiger partial charge in [-0.15, -0.1) is 24.0 Å². The maximum absolute atomic E-state index is 12.6. The number of amides is 2. The maximum atomic E-state index is 12.6. The van der Waals surface area contributed by atoms with Crippen LogP contribution >= 0.6 is 24.0 Å². The highest BCUT2D eigenvalue weighted by molar-refractivity contribution is 14.0. The van der Waals surface area contributed by atoms with Gasteiger partial charge in [-0.25, -0.2) is 0 Å². The molecule has 0 saturated carbocycles. The van der Waals surface area contributed by atoms with Crippen molar-refractivity contribution in [2.24, 2.45) is 12.0 Å².